The Hall–Kier alpha value is -1.10. The van der Waals surface area contributed by atoms with Gasteiger partial charge in [0, 0.05) is 0 Å². The Kier molecular flexibility index (Phi) is 2.65. The summed E-state index contributed by atoms with van der Waals surface area (Å²) in [4.78, 5) is 14.8. The summed E-state index contributed by atoms with van der Waals surface area (Å²) in [5, 5.41) is 0. The zero-order valence-electron chi connectivity index (χ0n) is 6.37. The molecule has 0 saturated carbocycles. The van der Waals surface area contributed by atoms with Gasteiger partial charge in [-0.2, -0.15) is 0 Å². The monoisotopic (exact) mass is 230 g/mol. The number of nitrogens with two attached hydrogens (primary N) is 1. The minimum Gasteiger partial charge on any atom is -0.464 e. The highest BCUT2D eigenvalue weighted by atomic mass is 79.9. The minimum atomic E-state index is -0.476. The molecule has 0 saturated heterocycles. The highest BCUT2D eigenvalue weighted by Gasteiger charge is 2.07. The van der Waals surface area contributed by atoms with Crippen LogP contribution in [0, 0.1) is 0 Å². The van der Waals surface area contributed by atoms with Crippen molar-refractivity contribution in [2.75, 3.05) is 12.8 Å². The summed E-state index contributed by atoms with van der Waals surface area (Å²) in [7, 11) is 1.30. The van der Waals surface area contributed by atoms with Crippen LogP contribution in [0.1, 0.15) is 10.5 Å². The number of nitrogen functional groups attached to an aromatic ring is 1. The second kappa shape index (κ2) is 3.53. The number of esters is 1. The number of pyridine rings is 1. The number of nitrogens with zero attached hydrogens (tertiary/aromatic N) is 1. The molecule has 1 aromatic heterocycles. The van der Waals surface area contributed by atoms with E-state index in [0.717, 1.165) is 0 Å². The maximum atomic E-state index is 10.9. The van der Waals surface area contributed by atoms with Crippen LogP contribution in [0.25, 0.3) is 0 Å². The first-order chi connectivity index (χ1) is 5.65. The Morgan fingerprint density at radius 1 is 1.67 bits per heavy atom. The summed E-state index contributed by atoms with van der Waals surface area (Å²) in [5.74, 6) is -0.476. The lowest BCUT2D eigenvalue weighted by Gasteiger charge is -2.00. The molecular formula is C7H7BrN2O2. The second-order valence-electron chi connectivity index (χ2n) is 2.07. The van der Waals surface area contributed by atoms with E-state index in [2.05, 4.69) is 25.7 Å². The lowest BCUT2D eigenvalue weighted by Crippen LogP contribution is -2.05. The van der Waals surface area contributed by atoms with Crippen molar-refractivity contribution in [3.63, 3.8) is 0 Å². The average molecular weight is 231 g/mol. The van der Waals surface area contributed by atoms with Crippen LogP contribution in [0.5, 0.6) is 0 Å². The van der Waals surface area contributed by atoms with Crippen LogP contribution in [0.2, 0.25) is 0 Å². The number of anilines is 1. The number of hydrogen-bond acceptors (Lipinski definition) is 4. The molecule has 12 heavy (non-hydrogen) atoms. The van der Waals surface area contributed by atoms with Gasteiger partial charge in [-0.05, 0) is 28.1 Å². The van der Waals surface area contributed by atoms with Crippen LogP contribution in [0.4, 0.5) is 5.69 Å². The predicted molar refractivity (Wildman–Crippen MR) is 47.7 cm³/mol. The van der Waals surface area contributed by atoms with Crippen molar-refractivity contribution in [3.8, 4) is 0 Å². The smallest absolute Gasteiger partial charge is 0.356 e. The van der Waals surface area contributed by atoms with Crippen LogP contribution in [0.15, 0.2) is 16.7 Å². The molecule has 0 atom stereocenters. The summed E-state index contributed by atoms with van der Waals surface area (Å²) in [6.07, 6.45) is 0. The SMILES string of the molecule is COC(=O)c1ccc(N)c(Br)n1. The fourth-order valence-corrected chi connectivity index (χ4v) is 0.987. The van der Waals surface area contributed by atoms with Crippen LogP contribution < -0.4 is 5.73 Å². The van der Waals surface area contributed by atoms with Gasteiger partial charge in [0.05, 0.1) is 12.8 Å². The van der Waals surface area contributed by atoms with Gasteiger partial charge in [-0.3, -0.25) is 0 Å². The molecule has 0 aliphatic heterocycles. The van der Waals surface area contributed by atoms with Gasteiger partial charge in [0.1, 0.15) is 10.3 Å². The molecule has 0 aromatic carbocycles. The van der Waals surface area contributed by atoms with Crippen molar-refractivity contribution in [3.05, 3.63) is 22.4 Å². The van der Waals surface area contributed by atoms with Crippen molar-refractivity contribution < 1.29 is 9.53 Å². The molecule has 0 unspecified atom stereocenters. The van der Waals surface area contributed by atoms with E-state index in [-0.39, 0.29) is 5.69 Å². The van der Waals surface area contributed by atoms with E-state index in [4.69, 9.17) is 5.73 Å². The first-order valence-corrected chi connectivity index (χ1v) is 3.95. The third-order valence-corrected chi connectivity index (χ3v) is 1.91. The molecule has 0 radical (unpaired) electrons. The molecule has 0 aliphatic carbocycles. The lowest BCUT2D eigenvalue weighted by molar-refractivity contribution is 0.0594. The molecule has 1 rings (SSSR count). The van der Waals surface area contributed by atoms with E-state index in [9.17, 15) is 4.79 Å². The van der Waals surface area contributed by atoms with Gasteiger partial charge in [-0.15, -0.1) is 0 Å². The predicted octanol–water partition coefficient (Wildman–Crippen LogP) is 1.21. The number of carbonyl (C=O) groups is 1. The van der Waals surface area contributed by atoms with Crippen LogP contribution in [-0.4, -0.2) is 18.1 Å². The van der Waals surface area contributed by atoms with Gasteiger partial charge in [-0.25, -0.2) is 9.78 Å². The molecule has 2 N–H and O–H groups in total. The number of hydrogen-bond donors (Lipinski definition) is 1. The van der Waals surface area contributed by atoms with Crippen molar-refractivity contribution in [2.24, 2.45) is 0 Å². The molecule has 0 spiro atoms. The summed E-state index contributed by atoms with van der Waals surface area (Å²) >= 11 is 3.10. The van der Waals surface area contributed by atoms with E-state index in [0.29, 0.717) is 10.3 Å². The van der Waals surface area contributed by atoms with Crippen molar-refractivity contribution in [1.29, 1.82) is 0 Å². The number of rotatable bonds is 1. The van der Waals surface area contributed by atoms with Gasteiger partial charge < -0.3 is 10.5 Å². The molecule has 1 aromatic rings. The zero-order chi connectivity index (χ0) is 9.14. The van der Waals surface area contributed by atoms with Crippen LogP contribution in [0.3, 0.4) is 0 Å². The molecule has 0 fully saturated rings. The summed E-state index contributed by atoms with van der Waals surface area (Å²) < 4.78 is 4.92. The number of halogens is 1. The molecule has 0 amide bonds. The first kappa shape index (κ1) is 8.99. The van der Waals surface area contributed by atoms with E-state index in [1.165, 1.54) is 13.2 Å². The van der Waals surface area contributed by atoms with Gasteiger partial charge in [-0.1, -0.05) is 0 Å². The van der Waals surface area contributed by atoms with Gasteiger partial charge in [0.25, 0.3) is 0 Å². The Labute approximate surface area is 77.9 Å². The third kappa shape index (κ3) is 1.73. The lowest BCUT2D eigenvalue weighted by atomic mass is 10.3. The third-order valence-electron chi connectivity index (χ3n) is 1.27. The fourth-order valence-electron chi connectivity index (χ4n) is 0.663. The highest BCUT2D eigenvalue weighted by molar-refractivity contribution is 9.10. The van der Waals surface area contributed by atoms with Crippen molar-refractivity contribution in [2.45, 2.75) is 0 Å². The summed E-state index contributed by atoms with van der Waals surface area (Å²) in [6.45, 7) is 0. The van der Waals surface area contributed by atoms with E-state index < -0.39 is 5.97 Å². The van der Waals surface area contributed by atoms with Crippen molar-refractivity contribution >= 4 is 27.6 Å². The second-order valence-corrected chi connectivity index (χ2v) is 2.82. The zero-order valence-corrected chi connectivity index (χ0v) is 7.96. The Morgan fingerprint density at radius 3 is 2.83 bits per heavy atom. The summed E-state index contributed by atoms with van der Waals surface area (Å²) in [6, 6.07) is 3.09. The normalized spacial score (nSPS) is 9.50. The number of carbonyl (C=O) groups excluding carboxylic acids is 1. The first-order valence-electron chi connectivity index (χ1n) is 3.15. The van der Waals surface area contributed by atoms with Crippen LogP contribution >= 0.6 is 15.9 Å². The molecule has 0 aliphatic rings. The maximum Gasteiger partial charge on any atom is 0.356 e. The maximum absolute atomic E-state index is 10.9. The van der Waals surface area contributed by atoms with Gasteiger partial charge in [0.2, 0.25) is 0 Å². The standard InChI is InChI=1S/C7H7BrN2O2/c1-12-7(11)5-3-2-4(9)6(8)10-5/h2-3H,9H2,1H3. The number of ether oxygens (including phenoxy) is 1. The van der Waals surface area contributed by atoms with Crippen LogP contribution in [-0.2, 0) is 4.74 Å². The molecule has 64 valence electrons. The minimum absolute atomic E-state index is 0.235. The molecule has 0 bridgehead atoms. The van der Waals surface area contributed by atoms with Gasteiger partial charge in [0.15, 0.2) is 0 Å². The molecule has 5 heteroatoms. The topological polar surface area (TPSA) is 65.2 Å². The Balaban J connectivity index is 3.05. The van der Waals surface area contributed by atoms with E-state index >= 15 is 0 Å². The summed E-state index contributed by atoms with van der Waals surface area (Å²) in [5.41, 5.74) is 6.19. The molecule has 4 nitrogen and oxygen atoms in total. The quantitative estimate of drug-likeness (QED) is 0.582. The number of aromatic nitrogens is 1. The van der Waals surface area contributed by atoms with Gasteiger partial charge >= 0.3 is 5.97 Å². The molecular weight excluding hydrogens is 224 g/mol. The fraction of sp³-hybridized carbons (Fsp3) is 0.143. The van der Waals surface area contributed by atoms with E-state index in [1.807, 2.05) is 0 Å². The largest absolute Gasteiger partial charge is 0.464 e. The average Bonchev–Trinajstić information content (AvgIpc) is 2.08. The Bertz CT molecular complexity index is 314. The van der Waals surface area contributed by atoms with E-state index in [1.54, 1.807) is 6.07 Å². The van der Waals surface area contributed by atoms with Crippen molar-refractivity contribution in [1.82, 2.24) is 4.98 Å². The Morgan fingerprint density at radius 2 is 2.33 bits per heavy atom. The number of methoxy groups -OCH3 is 1. The highest BCUT2D eigenvalue weighted by Crippen LogP contribution is 2.16. The molecule has 1 heterocycles.